The van der Waals surface area contributed by atoms with Crippen LogP contribution in [0.15, 0.2) is 48.5 Å². The summed E-state index contributed by atoms with van der Waals surface area (Å²) in [5.74, 6) is -0.226. The Balaban J connectivity index is 1.51. The van der Waals surface area contributed by atoms with Crippen molar-refractivity contribution in [2.75, 3.05) is 21.9 Å². The minimum absolute atomic E-state index is 0.150. The van der Waals surface area contributed by atoms with Crippen molar-refractivity contribution in [1.29, 1.82) is 0 Å². The number of rotatable bonds is 6. The van der Waals surface area contributed by atoms with Gasteiger partial charge >= 0.3 is 0 Å². The van der Waals surface area contributed by atoms with E-state index in [-0.39, 0.29) is 23.9 Å². The van der Waals surface area contributed by atoms with Crippen LogP contribution < -0.4 is 9.62 Å². The van der Waals surface area contributed by atoms with Gasteiger partial charge in [0, 0.05) is 18.7 Å². The third-order valence-corrected chi connectivity index (χ3v) is 6.22. The van der Waals surface area contributed by atoms with E-state index in [0.717, 1.165) is 0 Å². The van der Waals surface area contributed by atoms with E-state index >= 15 is 0 Å². The van der Waals surface area contributed by atoms with E-state index in [1.807, 2.05) is 0 Å². The Morgan fingerprint density at radius 2 is 1.85 bits per heavy atom. The smallest absolute Gasteiger partial charge is 0.235 e. The fraction of sp³-hybridized carbons (Fsp3) is 0.316. The summed E-state index contributed by atoms with van der Waals surface area (Å²) in [7, 11) is -3.20. The zero-order chi connectivity index (χ0) is 18.6. The van der Waals surface area contributed by atoms with Gasteiger partial charge in [-0.1, -0.05) is 18.2 Å². The van der Waals surface area contributed by atoms with Crippen LogP contribution in [0.3, 0.4) is 0 Å². The van der Waals surface area contributed by atoms with E-state index in [2.05, 4.69) is 5.32 Å². The van der Waals surface area contributed by atoms with Crippen molar-refractivity contribution in [3.8, 4) is 0 Å². The fourth-order valence-electron chi connectivity index (χ4n) is 3.00. The average molecular weight is 376 g/mol. The molecule has 0 bridgehead atoms. The van der Waals surface area contributed by atoms with Gasteiger partial charge in [-0.05, 0) is 55.2 Å². The van der Waals surface area contributed by atoms with E-state index in [1.165, 1.54) is 10.4 Å². The predicted octanol–water partition coefficient (Wildman–Crippen LogP) is 3.33. The lowest BCUT2D eigenvalue weighted by Gasteiger charge is -2.17. The number of halogens is 1. The van der Waals surface area contributed by atoms with E-state index in [0.29, 0.717) is 42.7 Å². The number of anilines is 2. The predicted molar refractivity (Wildman–Crippen MR) is 100 cm³/mol. The normalized spacial score (nSPS) is 15.8. The van der Waals surface area contributed by atoms with Crippen LogP contribution in [-0.4, -0.2) is 26.6 Å². The molecule has 1 aliphatic rings. The number of benzene rings is 2. The standard InChI is InChI=1S/C19H21FN2O3S/c20-18-7-2-1-5-15(18)6-3-8-19(23)21-16-9-11-17(12-10-16)22-13-4-14-26(22,24)25/h1-2,5,7,9-12H,3-4,6,8,13-14H2,(H,21,23). The Labute approximate surface area is 152 Å². The zero-order valence-electron chi connectivity index (χ0n) is 14.3. The molecule has 1 saturated heterocycles. The molecule has 1 N–H and O–H groups in total. The second kappa shape index (κ2) is 7.86. The molecule has 0 atom stereocenters. The van der Waals surface area contributed by atoms with Gasteiger partial charge in [0.1, 0.15) is 5.82 Å². The van der Waals surface area contributed by atoms with Crippen LogP contribution in [0.25, 0.3) is 0 Å². The van der Waals surface area contributed by atoms with Crippen LogP contribution in [0.5, 0.6) is 0 Å². The van der Waals surface area contributed by atoms with E-state index in [9.17, 15) is 17.6 Å². The van der Waals surface area contributed by atoms with Crippen LogP contribution in [0.1, 0.15) is 24.8 Å². The van der Waals surface area contributed by atoms with Crippen LogP contribution >= 0.6 is 0 Å². The first-order valence-electron chi connectivity index (χ1n) is 8.59. The highest BCUT2D eigenvalue weighted by Crippen LogP contribution is 2.25. The Morgan fingerprint density at radius 3 is 2.50 bits per heavy atom. The van der Waals surface area contributed by atoms with Crippen molar-refractivity contribution in [3.05, 3.63) is 59.9 Å². The highest BCUT2D eigenvalue weighted by Gasteiger charge is 2.28. The second-order valence-electron chi connectivity index (χ2n) is 6.28. The first-order valence-corrected chi connectivity index (χ1v) is 10.2. The number of amides is 1. The van der Waals surface area contributed by atoms with Gasteiger partial charge in [-0.2, -0.15) is 0 Å². The highest BCUT2D eigenvalue weighted by molar-refractivity contribution is 7.93. The molecule has 0 aliphatic carbocycles. The quantitative estimate of drug-likeness (QED) is 0.841. The van der Waals surface area contributed by atoms with Crippen LogP contribution in [0, 0.1) is 5.82 Å². The third kappa shape index (κ3) is 4.40. The lowest BCUT2D eigenvalue weighted by Crippen LogP contribution is -2.24. The van der Waals surface area contributed by atoms with Gasteiger partial charge in [0.25, 0.3) is 0 Å². The molecule has 1 aliphatic heterocycles. The van der Waals surface area contributed by atoms with E-state index in [4.69, 9.17) is 0 Å². The molecule has 1 amide bonds. The summed E-state index contributed by atoms with van der Waals surface area (Å²) in [6.45, 7) is 0.490. The maximum absolute atomic E-state index is 13.5. The van der Waals surface area contributed by atoms with E-state index < -0.39 is 10.0 Å². The van der Waals surface area contributed by atoms with Crippen molar-refractivity contribution in [2.24, 2.45) is 0 Å². The number of nitrogens with zero attached hydrogens (tertiary/aromatic N) is 1. The Kier molecular flexibility index (Phi) is 5.56. The molecule has 0 unspecified atom stereocenters. The molecular formula is C19H21FN2O3S. The van der Waals surface area contributed by atoms with Crippen molar-refractivity contribution in [1.82, 2.24) is 0 Å². The van der Waals surface area contributed by atoms with Gasteiger partial charge in [-0.3, -0.25) is 9.10 Å². The summed E-state index contributed by atoms with van der Waals surface area (Å²) in [4.78, 5) is 12.0. The van der Waals surface area contributed by atoms with Gasteiger partial charge in [-0.25, -0.2) is 12.8 Å². The number of carbonyl (C=O) groups is 1. The first kappa shape index (κ1) is 18.4. The largest absolute Gasteiger partial charge is 0.326 e. The molecule has 0 radical (unpaired) electrons. The molecule has 2 aromatic carbocycles. The molecule has 0 aromatic heterocycles. The molecule has 0 spiro atoms. The summed E-state index contributed by atoms with van der Waals surface area (Å²) in [6, 6.07) is 13.3. The number of hydrogen-bond acceptors (Lipinski definition) is 3. The molecule has 1 fully saturated rings. The number of sulfonamides is 1. The van der Waals surface area contributed by atoms with Crippen LogP contribution in [0.4, 0.5) is 15.8 Å². The lowest BCUT2D eigenvalue weighted by molar-refractivity contribution is -0.116. The molecule has 3 rings (SSSR count). The molecule has 5 nitrogen and oxygen atoms in total. The van der Waals surface area contributed by atoms with Crippen molar-refractivity contribution in [3.63, 3.8) is 0 Å². The zero-order valence-corrected chi connectivity index (χ0v) is 15.1. The number of nitrogens with one attached hydrogen (secondary N) is 1. The van der Waals surface area contributed by atoms with Crippen LogP contribution in [-0.2, 0) is 21.2 Å². The van der Waals surface area contributed by atoms with Gasteiger partial charge in [0.2, 0.25) is 15.9 Å². The van der Waals surface area contributed by atoms with Gasteiger partial charge in [0.05, 0.1) is 11.4 Å². The monoisotopic (exact) mass is 376 g/mol. The SMILES string of the molecule is O=C(CCCc1ccccc1F)Nc1ccc(N2CCCS2(=O)=O)cc1. The summed E-state index contributed by atoms with van der Waals surface area (Å²) in [5, 5.41) is 2.78. The first-order chi connectivity index (χ1) is 12.5. The molecule has 7 heteroatoms. The topological polar surface area (TPSA) is 66.5 Å². The number of aryl methyl sites for hydroxylation is 1. The van der Waals surface area contributed by atoms with Crippen molar-refractivity contribution in [2.45, 2.75) is 25.7 Å². The minimum atomic E-state index is -3.20. The second-order valence-corrected chi connectivity index (χ2v) is 8.29. The molecule has 138 valence electrons. The Morgan fingerprint density at radius 1 is 1.12 bits per heavy atom. The maximum Gasteiger partial charge on any atom is 0.235 e. The average Bonchev–Trinajstić information content (AvgIpc) is 2.96. The van der Waals surface area contributed by atoms with Crippen LogP contribution in [0.2, 0.25) is 0 Å². The number of hydrogen-bond donors (Lipinski definition) is 1. The molecule has 26 heavy (non-hydrogen) atoms. The summed E-state index contributed by atoms with van der Waals surface area (Å²) in [6.07, 6.45) is 1.97. The summed E-state index contributed by atoms with van der Waals surface area (Å²) < 4.78 is 38.8. The lowest BCUT2D eigenvalue weighted by atomic mass is 10.1. The van der Waals surface area contributed by atoms with Crippen molar-refractivity contribution >= 4 is 27.3 Å². The Hall–Kier alpha value is -2.41. The van der Waals surface area contributed by atoms with Gasteiger partial charge < -0.3 is 5.32 Å². The fourth-order valence-corrected chi connectivity index (χ4v) is 4.57. The molecular weight excluding hydrogens is 355 g/mol. The van der Waals surface area contributed by atoms with Gasteiger partial charge in [-0.15, -0.1) is 0 Å². The Bertz CT molecular complexity index is 882. The number of carbonyl (C=O) groups excluding carboxylic acids is 1. The van der Waals surface area contributed by atoms with E-state index in [1.54, 1.807) is 42.5 Å². The maximum atomic E-state index is 13.5. The third-order valence-electron chi connectivity index (χ3n) is 4.35. The minimum Gasteiger partial charge on any atom is -0.326 e. The highest BCUT2D eigenvalue weighted by atomic mass is 32.2. The summed E-state index contributed by atoms with van der Waals surface area (Å²) in [5.41, 5.74) is 1.83. The van der Waals surface area contributed by atoms with Gasteiger partial charge in [0.15, 0.2) is 0 Å². The molecule has 0 saturated carbocycles. The molecule has 1 heterocycles. The summed E-state index contributed by atoms with van der Waals surface area (Å²) >= 11 is 0. The molecule has 2 aromatic rings. The van der Waals surface area contributed by atoms with Crippen molar-refractivity contribution < 1.29 is 17.6 Å².